The summed E-state index contributed by atoms with van der Waals surface area (Å²) in [6, 6.07) is 10.7. The topological polar surface area (TPSA) is 82.2 Å². The summed E-state index contributed by atoms with van der Waals surface area (Å²) in [5.41, 5.74) is 1.42. The zero-order chi connectivity index (χ0) is 14.7. The second-order valence-corrected chi connectivity index (χ2v) is 4.53. The first-order chi connectivity index (χ1) is 10.2. The van der Waals surface area contributed by atoms with Crippen LogP contribution in [0.2, 0.25) is 0 Å². The quantitative estimate of drug-likeness (QED) is 0.765. The lowest BCUT2D eigenvalue weighted by atomic mass is 10.2. The van der Waals surface area contributed by atoms with Crippen molar-refractivity contribution in [3.05, 3.63) is 48.4 Å². The fourth-order valence-electron chi connectivity index (χ4n) is 1.95. The van der Waals surface area contributed by atoms with Crippen molar-refractivity contribution >= 4 is 16.9 Å². The van der Waals surface area contributed by atoms with E-state index < -0.39 is 0 Å². The molecule has 1 amide bonds. The van der Waals surface area contributed by atoms with E-state index in [1.807, 2.05) is 31.2 Å². The van der Waals surface area contributed by atoms with E-state index >= 15 is 0 Å². The number of hydrogen-bond acceptors (Lipinski definition) is 5. The minimum atomic E-state index is -0.265. The molecule has 0 aliphatic carbocycles. The van der Waals surface area contributed by atoms with Crippen molar-refractivity contribution in [1.82, 2.24) is 20.5 Å². The average molecular weight is 286 g/mol. The summed E-state index contributed by atoms with van der Waals surface area (Å²) in [5.74, 6) is 0.424. The molecule has 1 N–H and O–H groups in total. The third-order valence-electron chi connectivity index (χ3n) is 2.99. The van der Waals surface area contributed by atoms with Gasteiger partial charge in [-0.15, -0.1) is 5.10 Å². The van der Waals surface area contributed by atoms with E-state index in [0.717, 1.165) is 0 Å². The van der Waals surface area contributed by atoms with Crippen molar-refractivity contribution in [2.75, 3.05) is 6.61 Å². The number of furan rings is 1. The van der Waals surface area contributed by atoms with Gasteiger partial charge in [0.25, 0.3) is 5.91 Å². The number of hydrogen-bond donors (Lipinski definition) is 1. The molecule has 0 saturated carbocycles. The highest BCUT2D eigenvalue weighted by Gasteiger charge is 2.13. The van der Waals surface area contributed by atoms with E-state index in [2.05, 4.69) is 15.6 Å². The molecule has 0 aliphatic heterocycles. The largest absolute Gasteiger partial charge is 0.467 e. The van der Waals surface area contributed by atoms with Crippen LogP contribution < -0.4 is 10.2 Å². The molecule has 0 aliphatic rings. The van der Waals surface area contributed by atoms with Crippen LogP contribution in [0.4, 0.5) is 0 Å². The standard InChI is InChI=1S/C14H14N4O3/c1-10(13-7-4-8-20-13)15-14(19)9-21-18-12-6-3-2-5-11(12)16-17-18/h2-8,10H,9H2,1H3,(H,15,19)/t10-/m1/s1. The SMILES string of the molecule is C[C@@H](NC(=O)COn1nnc2ccccc21)c1ccco1. The van der Waals surface area contributed by atoms with Crippen LogP contribution in [0.5, 0.6) is 0 Å². The molecular formula is C14H14N4O3. The lowest BCUT2D eigenvalue weighted by molar-refractivity contribution is -0.127. The predicted molar refractivity (Wildman–Crippen MR) is 74.2 cm³/mol. The van der Waals surface area contributed by atoms with Crippen molar-refractivity contribution in [3.63, 3.8) is 0 Å². The third kappa shape index (κ3) is 2.86. The zero-order valence-electron chi connectivity index (χ0n) is 11.4. The van der Waals surface area contributed by atoms with Crippen LogP contribution in [0.3, 0.4) is 0 Å². The zero-order valence-corrected chi connectivity index (χ0v) is 11.4. The second kappa shape index (κ2) is 5.66. The van der Waals surface area contributed by atoms with E-state index in [4.69, 9.17) is 9.25 Å². The van der Waals surface area contributed by atoms with Gasteiger partial charge in [0.1, 0.15) is 16.8 Å². The number of carbonyl (C=O) groups excluding carboxylic acids is 1. The Morgan fingerprint density at radius 1 is 1.38 bits per heavy atom. The number of nitrogens with one attached hydrogen (secondary N) is 1. The molecule has 1 atom stereocenters. The smallest absolute Gasteiger partial charge is 0.261 e. The summed E-state index contributed by atoms with van der Waals surface area (Å²) in [4.78, 5) is 18.4. The number of carbonyl (C=O) groups is 1. The van der Waals surface area contributed by atoms with Gasteiger partial charge in [-0.3, -0.25) is 4.79 Å². The van der Waals surface area contributed by atoms with Crippen LogP contribution in [-0.4, -0.2) is 27.7 Å². The predicted octanol–water partition coefficient (Wildman–Crippen LogP) is 1.33. The van der Waals surface area contributed by atoms with Gasteiger partial charge >= 0.3 is 0 Å². The molecule has 108 valence electrons. The average Bonchev–Trinajstić information content (AvgIpc) is 3.15. The summed E-state index contributed by atoms with van der Waals surface area (Å²) in [6.07, 6.45) is 1.57. The molecule has 2 heterocycles. The minimum Gasteiger partial charge on any atom is -0.467 e. The van der Waals surface area contributed by atoms with Gasteiger partial charge in [-0.25, -0.2) is 0 Å². The normalized spacial score (nSPS) is 12.2. The number of benzene rings is 1. The van der Waals surface area contributed by atoms with Crippen LogP contribution in [0.15, 0.2) is 47.1 Å². The van der Waals surface area contributed by atoms with Crippen LogP contribution in [0.25, 0.3) is 11.0 Å². The van der Waals surface area contributed by atoms with E-state index in [1.165, 1.54) is 4.85 Å². The first-order valence-electron chi connectivity index (χ1n) is 6.50. The number of rotatable bonds is 5. The molecular weight excluding hydrogens is 272 g/mol. The number of para-hydroxylation sites is 1. The Labute approximate surface area is 120 Å². The molecule has 3 rings (SSSR count). The van der Waals surface area contributed by atoms with Gasteiger partial charge in [-0.05, 0) is 36.4 Å². The van der Waals surface area contributed by atoms with Gasteiger partial charge in [-0.1, -0.05) is 17.0 Å². The maximum atomic E-state index is 11.8. The Bertz CT molecular complexity index is 736. The maximum Gasteiger partial charge on any atom is 0.261 e. The summed E-state index contributed by atoms with van der Waals surface area (Å²) in [7, 11) is 0. The minimum absolute atomic E-state index is 0.154. The molecule has 0 bridgehead atoms. The molecule has 7 nitrogen and oxygen atoms in total. The Morgan fingerprint density at radius 3 is 3.05 bits per heavy atom. The molecule has 2 aromatic heterocycles. The fraction of sp³-hybridized carbons (Fsp3) is 0.214. The van der Waals surface area contributed by atoms with Gasteiger partial charge in [0.15, 0.2) is 6.61 Å². The molecule has 0 unspecified atom stereocenters. The molecule has 3 aromatic rings. The van der Waals surface area contributed by atoms with Crippen molar-refractivity contribution in [1.29, 1.82) is 0 Å². The highest BCUT2D eigenvalue weighted by Crippen LogP contribution is 2.12. The summed E-state index contributed by atoms with van der Waals surface area (Å²) < 4.78 is 5.22. The summed E-state index contributed by atoms with van der Waals surface area (Å²) in [6.45, 7) is 1.68. The maximum absolute atomic E-state index is 11.8. The molecule has 0 saturated heterocycles. The molecule has 1 aromatic carbocycles. The first-order valence-corrected chi connectivity index (χ1v) is 6.50. The lowest BCUT2D eigenvalue weighted by Gasteiger charge is -2.11. The molecule has 7 heteroatoms. The van der Waals surface area contributed by atoms with Gasteiger partial charge in [0.2, 0.25) is 0 Å². The highest BCUT2D eigenvalue weighted by molar-refractivity contribution is 5.78. The Hall–Kier alpha value is -2.83. The van der Waals surface area contributed by atoms with Gasteiger partial charge in [0.05, 0.1) is 12.3 Å². The van der Waals surface area contributed by atoms with E-state index in [1.54, 1.807) is 18.4 Å². The van der Waals surface area contributed by atoms with Crippen LogP contribution in [-0.2, 0) is 4.79 Å². The second-order valence-electron chi connectivity index (χ2n) is 4.53. The van der Waals surface area contributed by atoms with Crippen molar-refractivity contribution < 1.29 is 14.0 Å². The van der Waals surface area contributed by atoms with Crippen LogP contribution in [0, 0.1) is 0 Å². The molecule has 21 heavy (non-hydrogen) atoms. The first kappa shape index (κ1) is 13.2. The highest BCUT2D eigenvalue weighted by atomic mass is 16.7. The van der Waals surface area contributed by atoms with Crippen molar-refractivity contribution in [2.24, 2.45) is 0 Å². The molecule has 0 spiro atoms. The van der Waals surface area contributed by atoms with E-state index in [9.17, 15) is 4.79 Å². The number of fused-ring (bicyclic) bond motifs is 1. The van der Waals surface area contributed by atoms with Crippen LogP contribution >= 0.6 is 0 Å². The van der Waals surface area contributed by atoms with Crippen molar-refractivity contribution in [2.45, 2.75) is 13.0 Å². The van der Waals surface area contributed by atoms with E-state index in [0.29, 0.717) is 16.8 Å². The third-order valence-corrected chi connectivity index (χ3v) is 2.99. The number of aromatic nitrogens is 3. The lowest BCUT2D eigenvalue weighted by Crippen LogP contribution is -2.33. The van der Waals surface area contributed by atoms with Gasteiger partial charge in [0, 0.05) is 0 Å². The number of nitrogens with zero attached hydrogens (tertiary/aromatic N) is 3. The summed E-state index contributed by atoms with van der Waals surface area (Å²) in [5, 5.41) is 10.6. The van der Waals surface area contributed by atoms with Crippen LogP contribution in [0.1, 0.15) is 18.7 Å². The molecule has 0 radical (unpaired) electrons. The number of amides is 1. The van der Waals surface area contributed by atoms with Gasteiger partial charge in [-0.2, -0.15) is 0 Å². The van der Waals surface area contributed by atoms with Gasteiger partial charge < -0.3 is 14.6 Å². The Kier molecular flexibility index (Phi) is 3.55. The monoisotopic (exact) mass is 286 g/mol. The summed E-state index contributed by atoms with van der Waals surface area (Å²) >= 11 is 0. The fourth-order valence-corrected chi connectivity index (χ4v) is 1.95. The Balaban J connectivity index is 1.58. The molecule has 0 fully saturated rings. The van der Waals surface area contributed by atoms with E-state index in [-0.39, 0.29) is 18.6 Å². The van der Waals surface area contributed by atoms with Crippen molar-refractivity contribution in [3.8, 4) is 0 Å². The Morgan fingerprint density at radius 2 is 2.24 bits per heavy atom.